The van der Waals surface area contributed by atoms with Gasteiger partial charge in [0.05, 0.1) is 12.1 Å². The van der Waals surface area contributed by atoms with E-state index < -0.39 is 12.2 Å². The Morgan fingerprint density at radius 2 is 1.50 bits per heavy atom. The molecule has 0 fully saturated rings. The van der Waals surface area contributed by atoms with Crippen LogP contribution in [0.5, 0.6) is 0 Å². The van der Waals surface area contributed by atoms with Crippen molar-refractivity contribution >= 4 is 0 Å². The number of hydrogen-bond donors (Lipinski definition) is 2. The summed E-state index contributed by atoms with van der Waals surface area (Å²) in [6.45, 7) is 1.25. The highest BCUT2D eigenvalue weighted by molar-refractivity contribution is 5.23. The van der Waals surface area contributed by atoms with Gasteiger partial charge in [-0.15, -0.1) is 0 Å². The van der Waals surface area contributed by atoms with Crippen LogP contribution >= 0.6 is 0 Å². The standard InChI is InChI=1S/C19H32FNO/c1-2-3-4-5-6-7-8-17-9-11-18(12-10-17)13-14-19(21,15-20)16-22/h9-12,22H,2-8,13-16,21H2,1H3/i20-1. The molecule has 0 bridgehead atoms. The van der Waals surface area contributed by atoms with Crippen LogP contribution in [0.15, 0.2) is 24.3 Å². The van der Waals surface area contributed by atoms with Gasteiger partial charge in [0.1, 0.15) is 6.67 Å². The molecule has 3 N–H and O–H groups in total. The molecule has 22 heavy (non-hydrogen) atoms. The van der Waals surface area contributed by atoms with Gasteiger partial charge >= 0.3 is 0 Å². The van der Waals surface area contributed by atoms with E-state index in [0.717, 1.165) is 12.0 Å². The first-order chi connectivity index (χ1) is 10.6. The average Bonchev–Trinajstić information content (AvgIpc) is 2.57. The second-order valence-corrected chi connectivity index (χ2v) is 6.49. The zero-order valence-electron chi connectivity index (χ0n) is 14.0. The lowest BCUT2D eigenvalue weighted by molar-refractivity contribution is 0.157. The van der Waals surface area contributed by atoms with Gasteiger partial charge in [0.15, 0.2) is 0 Å². The maximum atomic E-state index is 12.8. The fraction of sp³-hybridized carbons (Fsp3) is 0.684. The zero-order valence-corrected chi connectivity index (χ0v) is 14.0. The summed E-state index contributed by atoms with van der Waals surface area (Å²) >= 11 is 0. The van der Waals surface area contributed by atoms with E-state index in [4.69, 9.17) is 10.8 Å². The van der Waals surface area contributed by atoms with E-state index in [9.17, 15) is 4.39 Å². The molecule has 2 nitrogen and oxygen atoms in total. The monoisotopic (exact) mass is 308 g/mol. The fourth-order valence-electron chi connectivity index (χ4n) is 2.56. The van der Waals surface area contributed by atoms with E-state index in [1.165, 1.54) is 44.1 Å². The SMILES string of the molecule is CCCCCCCCc1ccc(CCC(N)(CO)C[18F])cc1. The lowest BCUT2D eigenvalue weighted by Crippen LogP contribution is -2.46. The molecule has 0 saturated heterocycles. The fourth-order valence-corrected chi connectivity index (χ4v) is 2.56. The van der Waals surface area contributed by atoms with Crippen molar-refractivity contribution in [3.05, 3.63) is 35.4 Å². The molecule has 0 aliphatic heterocycles. The van der Waals surface area contributed by atoms with Crippen LogP contribution < -0.4 is 5.73 Å². The van der Waals surface area contributed by atoms with Crippen LogP contribution in [0.1, 0.15) is 63.0 Å². The smallest absolute Gasteiger partial charge is 0.110 e. The highest BCUT2D eigenvalue weighted by Crippen LogP contribution is 2.15. The van der Waals surface area contributed by atoms with Gasteiger partial charge in [-0.05, 0) is 36.8 Å². The van der Waals surface area contributed by atoms with Gasteiger partial charge in [0, 0.05) is 0 Å². The van der Waals surface area contributed by atoms with Crippen molar-refractivity contribution in [3.8, 4) is 0 Å². The average molecular weight is 308 g/mol. The van der Waals surface area contributed by atoms with Crippen molar-refractivity contribution in [1.82, 2.24) is 0 Å². The summed E-state index contributed by atoms with van der Waals surface area (Å²) in [6.07, 6.45) is 10.2. The Hall–Kier alpha value is -0.930. The van der Waals surface area contributed by atoms with Crippen molar-refractivity contribution < 1.29 is 9.50 Å². The van der Waals surface area contributed by atoms with Gasteiger partial charge in [-0.25, -0.2) is 4.39 Å². The minimum atomic E-state index is -1.09. The molecule has 0 aliphatic carbocycles. The van der Waals surface area contributed by atoms with E-state index in [1.807, 2.05) is 0 Å². The molecule has 0 radical (unpaired) electrons. The summed E-state index contributed by atoms with van der Waals surface area (Å²) < 4.78 is 12.8. The Kier molecular flexibility index (Phi) is 9.33. The number of rotatable bonds is 12. The zero-order chi connectivity index (χ0) is 16.3. The summed E-state index contributed by atoms with van der Waals surface area (Å²) in [7, 11) is 0. The first kappa shape index (κ1) is 19.1. The predicted molar refractivity (Wildman–Crippen MR) is 91.8 cm³/mol. The van der Waals surface area contributed by atoms with E-state index in [0.29, 0.717) is 12.8 Å². The predicted octanol–water partition coefficient (Wildman–Crippen LogP) is 4.18. The Morgan fingerprint density at radius 1 is 0.955 bits per heavy atom. The summed E-state index contributed by atoms with van der Waals surface area (Å²) in [5.41, 5.74) is 7.20. The molecule has 1 aromatic rings. The number of hydrogen-bond acceptors (Lipinski definition) is 2. The third kappa shape index (κ3) is 7.37. The molecular formula is C19H32FNO. The largest absolute Gasteiger partial charge is 0.394 e. The van der Waals surface area contributed by atoms with Crippen LogP contribution in [-0.4, -0.2) is 23.9 Å². The number of halogens is 1. The number of unbranched alkanes of at least 4 members (excludes halogenated alkanes) is 5. The van der Waals surface area contributed by atoms with Crippen molar-refractivity contribution in [3.63, 3.8) is 0 Å². The molecule has 126 valence electrons. The number of aliphatic hydroxyl groups excluding tert-OH is 1. The van der Waals surface area contributed by atoms with Crippen molar-refractivity contribution in [1.29, 1.82) is 0 Å². The molecular weight excluding hydrogens is 276 g/mol. The summed E-state index contributed by atoms with van der Waals surface area (Å²) in [5.74, 6) is 0. The lowest BCUT2D eigenvalue weighted by Gasteiger charge is -2.23. The van der Waals surface area contributed by atoms with E-state index in [2.05, 4.69) is 31.2 Å². The van der Waals surface area contributed by atoms with E-state index >= 15 is 0 Å². The van der Waals surface area contributed by atoms with Crippen molar-refractivity contribution in [2.75, 3.05) is 13.3 Å². The molecule has 0 amide bonds. The number of alkyl halides is 1. The van der Waals surface area contributed by atoms with Crippen LogP contribution in [0.2, 0.25) is 0 Å². The van der Waals surface area contributed by atoms with Gasteiger partial charge in [0.25, 0.3) is 0 Å². The topological polar surface area (TPSA) is 46.2 Å². The molecule has 1 aromatic carbocycles. The Morgan fingerprint density at radius 3 is 2.05 bits per heavy atom. The third-order valence-electron chi connectivity index (χ3n) is 4.33. The first-order valence-corrected chi connectivity index (χ1v) is 8.67. The molecule has 0 spiro atoms. The minimum Gasteiger partial charge on any atom is -0.394 e. The molecule has 3 heteroatoms. The summed E-state index contributed by atoms with van der Waals surface area (Å²) in [4.78, 5) is 0. The molecule has 0 aromatic heterocycles. The maximum absolute atomic E-state index is 12.8. The van der Waals surface area contributed by atoms with Crippen LogP contribution in [0, 0.1) is 0 Å². The van der Waals surface area contributed by atoms with Crippen molar-refractivity contribution in [2.24, 2.45) is 5.73 Å². The molecule has 1 atom stereocenters. The third-order valence-corrected chi connectivity index (χ3v) is 4.33. The number of aryl methyl sites for hydroxylation is 2. The van der Waals surface area contributed by atoms with Crippen LogP contribution in [0.3, 0.4) is 0 Å². The highest BCUT2D eigenvalue weighted by Gasteiger charge is 2.23. The second kappa shape index (κ2) is 10.7. The molecule has 0 heterocycles. The number of nitrogens with two attached hydrogens (primary N) is 1. The van der Waals surface area contributed by atoms with Gasteiger partial charge in [-0.1, -0.05) is 63.3 Å². The van der Waals surface area contributed by atoms with Crippen LogP contribution in [-0.2, 0) is 12.8 Å². The Bertz CT molecular complexity index is 387. The van der Waals surface area contributed by atoms with Gasteiger partial charge in [-0.3, -0.25) is 0 Å². The minimum absolute atomic E-state index is 0.306. The van der Waals surface area contributed by atoms with Crippen LogP contribution in [0.25, 0.3) is 0 Å². The maximum Gasteiger partial charge on any atom is 0.110 e. The highest BCUT2D eigenvalue weighted by atomic mass is 18.2. The van der Waals surface area contributed by atoms with Gasteiger partial charge in [-0.2, -0.15) is 0 Å². The quantitative estimate of drug-likeness (QED) is 0.569. The van der Waals surface area contributed by atoms with Crippen LogP contribution in [0.4, 0.5) is 4.39 Å². The molecule has 0 saturated carbocycles. The van der Waals surface area contributed by atoms with Gasteiger partial charge in [0.2, 0.25) is 0 Å². The molecule has 1 unspecified atom stereocenters. The Balaban J connectivity index is 2.28. The number of aliphatic hydroxyl groups is 1. The lowest BCUT2D eigenvalue weighted by atomic mass is 9.93. The normalized spacial score (nSPS) is 14.0. The number of benzene rings is 1. The summed E-state index contributed by atoms with van der Waals surface area (Å²) in [6, 6.07) is 8.52. The Labute approximate surface area is 134 Å². The molecule has 0 aliphatic rings. The van der Waals surface area contributed by atoms with E-state index in [-0.39, 0.29) is 6.61 Å². The summed E-state index contributed by atoms with van der Waals surface area (Å²) in [5, 5.41) is 9.12. The first-order valence-electron chi connectivity index (χ1n) is 8.67. The van der Waals surface area contributed by atoms with Crippen molar-refractivity contribution in [2.45, 2.75) is 70.3 Å². The molecule has 1 rings (SSSR count). The second-order valence-electron chi connectivity index (χ2n) is 6.49. The van der Waals surface area contributed by atoms with E-state index in [1.54, 1.807) is 0 Å². The van der Waals surface area contributed by atoms with Gasteiger partial charge < -0.3 is 10.8 Å².